The second-order valence-corrected chi connectivity index (χ2v) is 5.20. The quantitative estimate of drug-likeness (QED) is 0.296. The largest absolute Gasteiger partial charge is 0.382 e. The minimum Gasteiger partial charge on any atom is -0.382 e. The van der Waals surface area contributed by atoms with Crippen LogP contribution in [0, 0.1) is 5.92 Å². The molecule has 1 saturated heterocycles. The molecule has 0 aliphatic carbocycles. The van der Waals surface area contributed by atoms with Gasteiger partial charge in [-0.15, -0.1) is 24.0 Å². The van der Waals surface area contributed by atoms with Gasteiger partial charge >= 0.3 is 0 Å². The molecule has 6 heteroatoms. The third kappa shape index (κ3) is 8.97. The van der Waals surface area contributed by atoms with Gasteiger partial charge in [-0.1, -0.05) is 0 Å². The standard InChI is InChI=1S/C14H30N4O.HI/c1-4-19-10-6-8-16-14(15-2)17-11-13-7-5-9-18(3)12-13;/h13H,4-12H2,1-3H3,(H2,15,16,17);1H. The maximum atomic E-state index is 5.31. The van der Waals surface area contributed by atoms with E-state index in [1.165, 1.54) is 25.9 Å². The first-order valence-electron chi connectivity index (χ1n) is 7.47. The first-order valence-corrected chi connectivity index (χ1v) is 7.47. The van der Waals surface area contributed by atoms with Crippen molar-refractivity contribution >= 4 is 29.9 Å². The highest BCUT2D eigenvalue weighted by atomic mass is 127. The number of hydrogen-bond acceptors (Lipinski definition) is 3. The third-order valence-electron chi connectivity index (χ3n) is 3.47. The molecular weight excluding hydrogens is 367 g/mol. The van der Waals surface area contributed by atoms with Gasteiger partial charge in [-0.05, 0) is 45.7 Å². The molecule has 0 aromatic heterocycles. The zero-order valence-electron chi connectivity index (χ0n) is 13.2. The molecule has 5 nitrogen and oxygen atoms in total. The van der Waals surface area contributed by atoms with Crippen LogP contribution in [0.1, 0.15) is 26.2 Å². The maximum absolute atomic E-state index is 5.31. The summed E-state index contributed by atoms with van der Waals surface area (Å²) in [6.45, 7) is 7.97. The van der Waals surface area contributed by atoms with Crippen LogP contribution in [-0.2, 0) is 4.74 Å². The van der Waals surface area contributed by atoms with E-state index in [9.17, 15) is 0 Å². The number of aliphatic imine (C=N–C) groups is 1. The van der Waals surface area contributed by atoms with Gasteiger partial charge in [0.05, 0.1) is 0 Å². The monoisotopic (exact) mass is 398 g/mol. The van der Waals surface area contributed by atoms with E-state index in [4.69, 9.17) is 4.74 Å². The molecule has 0 aromatic rings. The average Bonchev–Trinajstić information content (AvgIpc) is 2.42. The summed E-state index contributed by atoms with van der Waals surface area (Å²) in [5.74, 6) is 1.64. The molecule has 1 aliphatic rings. The van der Waals surface area contributed by atoms with E-state index in [0.717, 1.165) is 44.6 Å². The van der Waals surface area contributed by atoms with Crippen molar-refractivity contribution in [3.05, 3.63) is 0 Å². The molecule has 2 N–H and O–H groups in total. The van der Waals surface area contributed by atoms with Gasteiger partial charge in [0.25, 0.3) is 0 Å². The van der Waals surface area contributed by atoms with Crippen molar-refractivity contribution in [2.75, 3.05) is 53.5 Å². The van der Waals surface area contributed by atoms with Crippen molar-refractivity contribution in [2.24, 2.45) is 10.9 Å². The van der Waals surface area contributed by atoms with Crippen molar-refractivity contribution in [3.63, 3.8) is 0 Å². The van der Waals surface area contributed by atoms with Crippen LogP contribution in [0.5, 0.6) is 0 Å². The van der Waals surface area contributed by atoms with Gasteiger partial charge in [0.2, 0.25) is 0 Å². The summed E-state index contributed by atoms with van der Waals surface area (Å²) < 4.78 is 5.31. The van der Waals surface area contributed by atoms with Crippen molar-refractivity contribution < 1.29 is 4.74 Å². The Kier molecular flexibility index (Phi) is 12.6. The van der Waals surface area contributed by atoms with E-state index in [0.29, 0.717) is 0 Å². The fourth-order valence-electron chi connectivity index (χ4n) is 2.43. The van der Waals surface area contributed by atoms with Crippen LogP contribution in [0.15, 0.2) is 4.99 Å². The first-order chi connectivity index (χ1) is 9.26. The molecule has 0 amide bonds. The number of guanidine groups is 1. The number of likely N-dealkylation sites (tertiary alicyclic amines) is 1. The Bertz CT molecular complexity index is 264. The summed E-state index contributed by atoms with van der Waals surface area (Å²) in [4.78, 5) is 6.66. The SMILES string of the molecule is CCOCCCNC(=NC)NCC1CCCN(C)C1.I. The molecule has 0 spiro atoms. The minimum atomic E-state index is 0. The molecule has 0 saturated carbocycles. The highest BCUT2D eigenvalue weighted by molar-refractivity contribution is 14.0. The summed E-state index contributed by atoms with van der Waals surface area (Å²) in [5.41, 5.74) is 0. The fraction of sp³-hybridized carbons (Fsp3) is 0.929. The highest BCUT2D eigenvalue weighted by Gasteiger charge is 2.16. The first kappa shape index (κ1) is 19.9. The summed E-state index contributed by atoms with van der Waals surface area (Å²) in [6, 6.07) is 0. The molecule has 1 aliphatic heterocycles. The Morgan fingerprint density at radius 2 is 2.20 bits per heavy atom. The number of rotatable bonds is 7. The number of ether oxygens (including phenoxy) is 1. The fourth-order valence-corrected chi connectivity index (χ4v) is 2.43. The zero-order chi connectivity index (χ0) is 13.9. The average molecular weight is 398 g/mol. The summed E-state index contributed by atoms with van der Waals surface area (Å²) >= 11 is 0. The van der Waals surface area contributed by atoms with Crippen LogP contribution in [-0.4, -0.2) is 64.3 Å². The van der Waals surface area contributed by atoms with Crippen LogP contribution in [0.4, 0.5) is 0 Å². The van der Waals surface area contributed by atoms with E-state index in [2.05, 4.69) is 27.6 Å². The molecule has 1 rings (SSSR count). The second kappa shape index (κ2) is 12.6. The number of hydrogen-bond donors (Lipinski definition) is 2. The van der Waals surface area contributed by atoms with Crippen molar-refractivity contribution in [3.8, 4) is 0 Å². The van der Waals surface area contributed by atoms with Gasteiger partial charge in [0.15, 0.2) is 5.96 Å². The Balaban J connectivity index is 0.00000361. The van der Waals surface area contributed by atoms with Crippen LogP contribution in [0.25, 0.3) is 0 Å². The summed E-state index contributed by atoms with van der Waals surface area (Å²) in [6.07, 6.45) is 3.64. The second-order valence-electron chi connectivity index (χ2n) is 5.20. The molecule has 20 heavy (non-hydrogen) atoms. The van der Waals surface area contributed by atoms with Gasteiger partial charge in [0.1, 0.15) is 0 Å². The number of nitrogens with one attached hydrogen (secondary N) is 2. The Labute approximate surface area is 140 Å². The van der Waals surface area contributed by atoms with Crippen molar-refractivity contribution in [1.29, 1.82) is 0 Å². The van der Waals surface area contributed by atoms with Gasteiger partial charge in [-0.25, -0.2) is 0 Å². The molecule has 0 bridgehead atoms. The van der Waals surface area contributed by atoms with Crippen molar-refractivity contribution in [2.45, 2.75) is 26.2 Å². The van der Waals surface area contributed by atoms with Gasteiger partial charge in [-0.2, -0.15) is 0 Å². The van der Waals surface area contributed by atoms with Crippen LogP contribution >= 0.6 is 24.0 Å². The molecule has 1 atom stereocenters. The third-order valence-corrected chi connectivity index (χ3v) is 3.47. The van der Waals surface area contributed by atoms with E-state index >= 15 is 0 Å². The van der Waals surface area contributed by atoms with E-state index in [-0.39, 0.29) is 24.0 Å². The lowest BCUT2D eigenvalue weighted by Gasteiger charge is -2.30. The van der Waals surface area contributed by atoms with E-state index < -0.39 is 0 Å². The number of halogens is 1. The molecule has 1 heterocycles. The molecule has 0 aromatic carbocycles. The summed E-state index contributed by atoms with van der Waals surface area (Å²) in [7, 11) is 4.03. The normalized spacial score (nSPS) is 20.4. The molecule has 1 fully saturated rings. The molecule has 1 unspecified atom stereocenters. The topological polar surface area (TPSA) is 48.9 Å². The van der Waals surface area contributed by atoms with Gasteiger partial charge < -0.3 is 20.3 Å². The van der Waals surface area contributed by atoms with Crippen molar-refractivity contribution in [1.82, 2.24) is 15.5 Å². The number of piperidine rings is 1. The van der Waals surface area contributed by atoms with Crippen LogP contribution in [0.3, 0.4) is 0 Å². The molecule has 0 radical (unpaired) electrons. The Hall–Kier alpha value is -0.0800. The lowest BCUT2D eigenvalue weighted by Crippen LogP contribution is -2.43. The van der Waals surface area contributed by atoms with Gasteiger partial charge in [0, 0.05) is 39.9 Å². The minimum absolute atomic E-state index is 0. The summed E-state index contributed by atoms with van der Waals surface area (Å²) in [5, 5.41) is 6.75. The lowest BCUT2D eigenvalue weighted by atomic mass is 9.99. The van der Waals surface area contributed by atoms with E-state index in [1.807, 2.05) is 14.0 Å². The lowest BCUT2D eigenvalue weighted by molar-refractivity contribution is 0.145. The Morgan fingerprint density at radius 3 is 2.85 bits per heavy atom. The van der Waals surface area contributed by atoms with Gasteiger partial charge in [-0.3, -0.25) is 4.99 Å². The van der Waals surface area contributed by atoms with Crippen LogP contribution in [0.2, 0.25) is 0 Å². The predicted molar refractivity (Wildman–Crippen MR) is 96.1 cm³/mol. The highest BCUT2D eigenvalue weighted by Crippen LogP contribution is 2.13. The molecular formula is C14H31IN4O. The molecule has 120 valence electrons. The smallest absolute Gasteiger partial charge is 0.190 e. The predicted octanol–water partition coefficient (Wildman–Crippen LogP) is 1.54. The Morgan fingerprint density at radius 1 is 1.40 bits per heavy atom. The van der Waals surface area contributed by atoms with Crippen LogP contribution < -0.4 is 10.6 Å². The van der Waals surface area contributed by atoms with E-state index in [1.54, 1.807) is 0 Å². The number of nitrogens with zero attached hydrogens (tertiary/aromatic N) is 2. The zero-order valence-corrected chi connectivity index (χ0v) is 15.5. The maximum Gasteiger partial charge on any atom is 0.190 e.